The second kappa shape index (κ2) is 14.9. The highest BCUT2D eigenvalue weighted by molar-refractivity contribution is 7.90. The van der Waals surface area contributed by atoms with Crippen molar-refractivity contribution in [3.05, 3.63) is 82.6 Å². The molecule has 0 saturated heterocycles. The summed E-state index contributed by atoms with van der Waals surface area (Å²) in [5.74, 6) is -1.66. The van der Waals surface area contributed by atoms with Crippen molar-refractivity contribution >= 4 is 33.6 Å². The number of rotatable bonds is 9. The normalized spacial score (nSPS) is 18.9. The van der Waals surface area contributed by atoms with Gasteiger partial charge in [0.2, 0.25) is 0 Å². The maximum Gasteiger partial charge on any atom is 0.416 e. The van der Waals surface area contributed by atoms with E-state index in [2.05, 4.69) is 15.3 Å². The summed E-state index contributed by atoms with van der Waals surface area (Å²) in [5, 5.41) is 19.6. The molecule has 3 aromatic rings. The lowest BCUT2D eigenvalue weighted by atomic mass is 9.77. The number of benzene rings is 2. The van der Waals surface area contributed by atoms with Gasteiger partial charge in [-0.2, -0.15) is 13.2 Å². The molecule has 0 unspecified atom stereocenters. The van der Waals surface area contributed by atoms with Crippen molar-refractivity contribution in [2.45, 2.75) is 54.1 Å². The van der Waals surface area contributed by atoms with Crippen LogP contribution >= 0.6 is 11.6 Å². The highest BCUT2D eigenvalue weighted by Gasteiger charge is 2.36. The van der Waals surface area contributed by atoms with Crippen molar-refractivity contribution in [3.63, 3.8) is 0 Å². The zero-order valence-electron chi connectivity index (χ0n) is 23.0. The van der Waals surface area contributed by atoms with Crippen LogP contribution in [0.4, 0.5) is 23.2 Å². The quantitative estimate of drug-likeness (QED) is 0.217. The fourth-order valence-corrected chi connectivity index (χ4v) is 6.80. The molecule has 43 heavy (non-hydrogen) atoms. The van der Waals surface area contributed by atoms with Gasteiger partial charge in [-0.25, -0.2) is 22.8 Å². The lowest BCUT2D eigenvalue weighted by molar-refractivity contribution is -0.137. The van der Waals surface area contributed by atoms with Crippen LogP contribution in [0.3, 0.4) is 0 Å². The van der Waals surface area contributed by atoms with Crippen LogP contribution in [0.15, 0.2) is 59.9 Å². The van der Waals surface area contributed by atoms with E-state index in [1.54, 1.807) is 13.1 Å². The number of anilines is 1. The van der Waals surface area contributed by atoms with E-state index in [9.17, 15) is 26.7 Å². The molecule has 1 aliphatic carbocycles. The van der Waals surface area contributed by atoms with E-state index in [4.69, 9.17) is 21.5 Å². The van der Waals surface area contributed by atoms with Crippen LogP contribution in [0, 0.1) is 5.82 Å². The van der Waals surface area contributed by atoms with Gasteiger partial charge in [0, 0.05) is 24.8 Å². The predicted molar refractivity (Wildman–Crippen MR) is 152 cm³/mol. The predicted octanol–water partition coefficient (Wildman–Crippen LogP) is 5.00. The smallest absolute Gasteiger partial charge is 0.416 e. The summed E-state index contributed by atoms with van der Waals surface area (Å²) in [6.45, 7) is -0.0529. The van der Waals surface area contributed by atoms with Crippen molar-refractivity contribution < 1.29 is 41.0 Å². The van der Waals surface area contributed by atoms with Gasteiger partial charge in [-0.15, -0.1) is 0 Å². The van der Waals surface area contributed by atoms with E-state index < -0.39 is 38.0 Å². The zero-order valence-corrected chi connectivity index (χ0v) is 24.6. The molecule has 1 aromatic heterocycles. The van der Waals surface area contributed by atoms with Crippen molar-refractivity contribution in [2.24, 2.45) is 0 Å². The molecule has 9 nitrogen and oxygen atoms in total. The minimum atomic E-state index is -4.45. The molecular weight excluding hydrogens is 616 g/mol. The van der Waals surface area contributed by atoms with Gasteiger partial charge in [0.05, 0.1) is 34.3 Å². The van der Waals surface area contributed by atoms with Gasteiger partial charge in [0.25, 0.3) is 6.47 Å². The standard InChI is InChI=1S/C27H29ClF4N4O3S.CH2O2/c1-36(9-10-37)25-12-18(17-3-2-4-19(11-17)27(30,31)32)5-6-23(25)35-24-14-22(29)26(13-21(24)28)40(38,39)15-20-7-8-33-16-34-20;2-1-3/h2-4,7-8,11,13-14,16,18,23,25,35,37H,5-6,9-10,12,15H2,1H3;1H,(H,2,3)/t18-,23-,25-;/m0./s1. The number of aliphatic hydroxyl groups is 1. The average Bonchev–Trinajstić information content (AvgIpc) is 2.95. The Kier molecular flexibility index (Phi) is 11.8. The van der Waals surface area contributed by atoms with Gasteiger partial charge in [0.15, 0.2) is 9.84 Å². The number of likely N-dealkylation sites (N-methyl/N-ethyl adjacent to an activating group) is 1. The van der Waals surface area contributed by atoms with Crippen LogP contribution in [0.25, 0.3) is 0 Å². The summed E-state index contributed by atoms with van der Waals surface area (Å²) in [5.41, 5.74) is 0.283. The van der Waals surface area contributed by atoms with Crippen molar-refractivity contribution in [1.29, 1.82) is 0 Å². The molecule has 1 heterocycles. The second-order valence-corrected chi connectivity index (χ2v) is 12.3. The largest absolute Gasteiger partial charge is 0.483 e. The third-order valence-corrected chi connectivity index (χ3v) is 9.17. The first-order valence-corrected chi connectivity index (χ1v) is 15.1. The number of nitrogens with zero attached hydrogens (tertiary/aromatic N) is 3. The molecule has 3 atom stereocenters. The molecule has 1 saturated carbocycles. The number of halogens is 5. The van der Waals surface area contributed by atoms with Crippen LogP contribution < -0.4 is 5.32 Å². The lowest BCUT2D eigenvalue weighted by Crippen LogP contribution is -2.49. The maximum atomic E-state index is 15.1. The fourth-order valence-electron chi connectivity index (χ4n) is 5.15. The Bertz CT molecular complexity index is 1480. The average molecular weight is 647 g/mol. The summed E-state index contributed by atoms with van der Waals surface area (Å²) in [6.07, 6.45) is -0.285. The number of aliphatic hydroxyl groups excluding tert-OH is 1. The molecular formula is C28H31ClF4N4O5S. The Morgan fingerprint density at radius 2 is 1.91 bits per heavy atom. The maximum absolute atomic E-state index is 15.1. The Morgan fingerprint density at radius 1 is 1.19 bits per heavy atom. The topological polar surface area (TPSA) is 133 Å². The summed E-state index contributed by atoms with van der Waals surface area (Å²) < 4.78 is 80.7. The first-order valence-electron chi connectivity index (χ1n) is 13.1. The number of sulfone groups is 1. The van der Waals surface area contributed by atoms with Gasteiger partial charge in [-0.1, -0.05) is 29.8 Å². The number of hydrogen-bond acceptors (Lipinski definition) is 8. The zero-order chi connectivity index (χ0) is 31.8. The highest BCUT2D eigenvalue weighted by atomic mass is 35.5. The second-order valence-electron chi connectivity index (χ2n) is 9.98. The Labute approximate surface area is 251 Å². The third-order valence-electron chi connectivity index (χ3n) is 7.20. The molecule has 234 valence electrons. The van der Waals surface area contributed by atoms with Crippen LogP contribution in [0.5, 0.6) is 0 Å². The molecule has 1 aliphatic rings. The number of hydrogen-bond donors (Lipinski definition) is 3. The van der Waals surface area contributed by atoms with Gasteiger partial charge < -0.3 is 15.5 Å². The molecule has 2 aromatic carbocycles. The summed E-state index contributed by atoms with van der Waals surface area (Å²) in [7, 11) is -2.29. The molecule has 0 aliphatic heterocycles. The van der Waals surface area contributed by atoms with Gasteiger partial charge >= 0.3 is 6.18 Å². The van der Waals surface area contributed by atoms with E-state index in [-0.39, 0.29) is 47.5 Å². The number of aromatic nitrogens is 2. The molecule has 0 amide bonds. The monoisotopic (exact) mass is 646 g/mol. The van der Waals surface area contributed by atoms with E-state index in [1.165, 1.54) is 30.7 Å². The number of alkyl halides is 3. The Balaban J connectivity index is 0.00000162. The van der Waals surface area contributed by atoms with Gasteiger partial charge in [-0.05, 0) is 62.1 Å². The molecule has 15 heteroatoms. The minimum Gasteiger partial charge on any atom is -0.483 e. The van der Waals surface area contributed by atoms with Crippen LogP contribution in [-0.2, 0) is 26.6 Å². The first-order chi connectivity index (χ1) is 20.3. The van der Waals surface area contributed by atoms with Crippen LogP contribution in [0.1, 0.15) is 42.0 Å². The fraction of sp³-hybridized carbons (Fsp3) is 0.393. The first kappa shape index (κ1) is 34.2. The number of carbonyl (C=O) groups is 1. The molecule has 0 spiro atoms. The SMILES string of the molecule is CN(CCO)[C@H]1C[C@@H](c2cccc(C(F)(F)F)c2)CC[C@@H]1Nc1cc(F)c(S(=O)(=O)Cc2ccncn2)cc1Cl.O=CO. The summed E-state index contributed by atoms with van der Waals surface area (Å²) in [4.78, 5) is 17.3. The molecule has 4 rings (SSSR count). The lowest BCUT2D eigenvalue weighted by Gasteiger charge is -2.42. The van der Waals surface area contributed by atoms with Crippen LogP contribution in [-0.4, -0.2) is 72.3 Å². The van der Waals surface area contributed by atoms with Gasteiger partial charge in [-0.3, -0.25) is 9.69 Å². The van der Waals surface area contributed by atoms with E-state index in [0.717, 1.165) is 18.2 Å². The minimum absolute atomic E-state index is 0.00576. The summed E-state index contributed by atoms with van der Waals surface area (Å²) >= 11 is 6.42. The van der Waals surface area contributed by atoms with Crippen molar-refractivity contribution in [3.8, 4) is 0 Å². The Morgan fingerprint density at radius 3 is 2.53 bits per heavy atom. The Hall–Kier alpha value is -3.33. The third kappa shape index (κ3) is 9.08. The number of nitrogens with one attached hydrogen (secondary N) is 1. The van der Waals surface area contributed by atoms with E-state index in [1.807, 2.05) is 4.90 Å². The van der Waals surface area contributed by atoms with Crippen molar-refractivity contribution in [1.82, 2.24) is 14.9 Å². The number of carboxylic acid groups (broad SMARTS) is 1. The highest BCUT2D eigenvalue weighted by Crippen LogP contribution is 2.39. The molecule has 0 radical (unpaired) electrons. The van der Waals surface area contributed by atoms with Crippen LogP contribution in [0.2, 0.25) is 5.02 Å². The summed E-state index contributed by atoms with van der Waals surface area (Å²) in [6, 6.07) is 8.30. The van der Waals surface area contributed by atoms with E-state index in [0.29, 0.717) is 31.4 Å². The molecule has 3 N–H and O–H groups in total. The van der Waals surface area contributed by atoms with Crippen molar-refractivity contribution in [2.75, 3.05) is 25.5 Å². The van der Waals surface area contributed by atoms with Gasteiger partial charge in [0.1, 0.15) is 17.0 Å². The van der Waals surface area contributed by atoms with E-state index >= 15 is 4.39 Å². The molecule has 1 fully saturated rings. The molecule has 0 bridgehead atoms.